The number of hydrogen-bond donors (Lipinski definition) is 1. The fourth-order valence-corrected chi connectivity index (χ4v) is 6.84. The zero-order valence-corrected chi connectivity index (χ0v) is 18.2. The standard InChI is InChI=1S/C23H22N4S2/c1-14-12-18(22-26-25-21(29-22)16-8-4-3-5-9-16)15(2)27(14)23-19(13-24)17-10-6-7-11-20(17)28-23/h3-5,8-9,12,22,26H,6-7,10-11H2,1-2H3/t22-/m0/s1. The molecule has 0 saturated heterocycles. The van der Waals surface area contributed by atoms with E-state index in [-0.39, 0.29) is 5.37 Å². The van der Waals surface area contributed by atoms with Gasteiger partial charge in [0.25, 0.3) is 0 Å². The molecule has 0 spiro atoms. The van der Waals surface area contributed by atoms with Crippen molar-refractivity contribution in [3.8, 4) is 11.1 Å². The van der Waals surface area contributed by atoms with Gasteiger partial charge in [-0.05, 0) is 51.2 Å². The predicted octanol–water partition coefficient (Wildman–Crippen LogP) is 5.60. The normalized spacial score (nSPS) is 18.1. The van der Waals surface area contributed by atoms with E-state index in [1.54, 1.807) is 23.1 Å². The molecule has 1 aliphatic heterocycles. The zero-order chi connectivity index (χ0) is 20.0. The summed E-state index contributed by atoms with van der Waals surface area (Å²) in [6, 6.07) is 15.0. The molecule has 0 saturated carbocycles. The first-order chi connectivity index (χ1) is 14.2. The Morgan fingerprint density at radius 1 is 1.17 bits per heavy atom. The van der Waals surface area contributed by atoms with Gasteiger partial charge in [0.15, 0.2) is 0 Å². The molecule has 29 heavy (non-hydrogen) atoms. The molecule has 2 aliphatic rings. The van der Waals surface area contributed by atoms with Crippen molar-refractivity contribution in [3.05, 3.63) is 74.9 Å². The van der Waals surface area contributed by atoms with Crippen LogP contribution in [-0.4, -0.2) is 9.61 Å². The van der Waals surface area contributed by atoms with Crippen LogP contribution in [0.4, 0.5) is 0 Å². The van der Waals surface area contributed by atoms with Crippen LogP contribution in [0.2, 0.25) is 0 Å². The molecule has 5 rings (SSSR count). The van der Waals surface area contributed by atoms with Gasteiger partial charge in [-0.25, -0.2) is 0 Å². The summed E-state index contributed by atoms with van der Waals surface area (Å²) in [6.45, 7) is 4.29. The van der Waals surface area contributed by atoms with Crippen LogP contribution in [0.1, 0.15) is 56.7 Å². The molecule has 1 N–H and O–H groups in total. The zero-order valence-electron chi connectivity index (χ0n) is 16.5. The molecule has 4 nitrogen and oxygen atoms in total. The molecule has 0 bridgehead atoms. The first-order valence-corrected chi connectivity index (χ1v) is 11.7. The van der Waals surface area contributed by atoms with E-state index in [2.05, 4.69) is 53.2 Å². The minimum Gasteiger partial charge on any atom is -0.309 e. The maximum Gasteiger partial charge on any atom is 0.126 e. The van der Waals surface area contributed by atoms with Crippen molar-refractivity contribution in [1.82, 2.24) is 9.99 Å². The molecule has 0 radical (unpaired) electrons. The lowest BCUT2D eigenvalue weighted by molar-refractivity contribution is 0.695. The van der Waals surface area contributed by atoms with Gasteiger partial charge in [-0.3, -0.25) is 5.43 Å². The SMILES string of the molecule is Cc1cc([C@H]2NN=C(c3ccccc3)S2)c(C)n1-c1sc2c(c1C#N)CCCC2. The maximum absolute atomic E-state index is 9.89. The smallest absolute Gasteiger partial charge is 0.126 e. The number of aryl methyl sites for hydroxylation is 2. The van der Waals surface area contributed by atoms with Gasteiger partial charge in [-0.2, -0.15) is 10.4 Å². The van der Waals surface area contributed by atoms with Crippen molar-refractivity contribution in [1.29, 1.82) is 5.26 Å². The Bertz CT molecular complexity index is 1150. The number of fused-ring (bicyclic) bond motifs is 1. The molecule has 0 unspecified atom stereocenters. The van der Waals surface area contributed by atoms with Crippen LogP contribution in [-0.2, 0) is 12.8 Å². The van der Waals surface area contributed by atoms with Gasteiger partial charge in [0.05, 0.1) is 5.56 Å². The van der Waals surface area contributed by atoms with E-state index < -0.39 is 0 Å². The first kappa shape index (κ1) is 18.5. The number of benzene rings is 1. The number of aromatic nitrogens is 1. The molecule has 6 heteroatoms. The summed E-state index contributed by atoms with van der Waals surface area (Å²) in [5.41, 5.74) is 10.2. The third-order valence-corrected chi connectivity index (χ3v) is 8.18. The maximum atomic E-state index is 9.89. The summed E-state index contributed by atoms with van der Waals surface area (Å²) in [5.74, 6) is 0. The number of hydrogen-bond acceptors (Lipinski definition) is 5. The summed E-state index contributed by atoms with van der Waals surface area (Å²) < 4.78 is 2.28. The van der Waals surface area contributed by atoms with Crippen LogP contribution in [0.25, 0.3) is 5.00 Å². The second-order valence-corrected chi connectivity index (χ2v) is 9.75. The molecule has 1 aromatic carbocycles. The summed E-state index contributed by atoms with van der Waals surface area (Å²) in [6.07, 6.45) is 4.56. The number of thiophene rings is 1. The van der Waals surface area contributed by atoms with E-state index in [1.807, 2.05) is 18.2 Å². The third-order valence-electron chi connectivity index (χ3n) is 5.75. The molecule has 146 valence electrons. The van der Waals surface area contributed by atoms with Gasteiger partial charge in [0, 0.05) is 27.4 Å². The van der Waals surface area contributed by atoms with Crippen LogP contribution in [0.5, 0.6) is 0 Å². The third kappa shape index (κ3) is 3.09. The quantitative estimate of drug-likeness (QED) is 0.602. The largest absolute Gasteiger partial charge is 0.309 e. The Morgan fingerprint density at radius 2 is 1.97 bits per heavy atom. The summed E-state index contributed by atoms with van der Waals surface area (Å²) in [7, 11) is 0. The Balaban J connectivity index is 1.50. The lowest BCUT2D eigenvalue weighted by Crippen LogP contribution is -2.08. The molecular formula is C23H22N4S2. The molecule has 1 aliphatic carbocycles. The van der Waals surface area contributed by atoms with Crippen LogP contribution in [0.15, 0.2) is 41.5 Å². The molecule has 3 heterocycles. The van der Waals surface area contributed by atoms with Gasteiger partial charge >= 0.3 is 0 Å². The fourth-order valence-electron chi connectivity index (χ4n) is 4.32. The van der Waals surface area contributed by atoms with E-state index >= 15 is 0 Å². The molecule has 0 amide bonds. The number of nitrogens with zero attached hydrogens (tertiary/aromatic N) is 3. The number of nitriles is 1. The second kappa shape index (κ2) is 7.40. The van der Waals surface area contributed by atoms with Crippen molar-refractivity contribution < 1.29 is 0 Å². The molecule has 2 aromatic heterocycles. The van der Waals surface area contributed by atoms with E-state index in [9.17, 15) is 5.26 Å². The van der Waals surface area contributed by atoms with Crippen molar-refractivity contribution in [3.63, 3.8) is 0 Å². The topological polar surface area (TPSA) is 53.1 Å². The van der Waals surface area contributed by atoms with Gasteiger partial charge < -0.3 is 4.57 Å². The minimum absolute atomic E-state index is 0.0882. The monoisotopic (exact) mass is 418 g/mol. The highest BCUT2D eigenvalue weighted by Gasteiger charge is 2.28. The highest BCUT2D eigenvalue weighted by atomic mass is 32.2. The van der Waals surface area contributed by atoms with E-state index in [1.165, 1.54) is 40.2 Å². The van der Waals surface area contributed by atoms with Crippen molar-refractivity contribution >= 4 is 28.1 Å². The van der Waals surface area contributed by atoms with E-state index in [4.69, 9.17) is 0 Å². The molecule has 0 fully saturated rings. The molecule has 3 aromatic rings. The van der Waals surface area contributed by atoms with Crippen molar-refractivity contribution in [2.75, 3.05) is 0 Å². The second-order valence-electron chi connectivity index (χ2n) is 7.57. The Kier molecular flexibility index (Phi) is 4.73. The van der Waals surface area contributed by atoms with E-state index in [0.29, 0.717) is 0 Å². The summed E-state index contributed by atoms with van der Waals surface area (Å²) in [5, 5.41) is 16.7. The van der Waals surface area contributed by atoms with Crippen LogP contribution < -0.4 is 5.43 Å². The number of hydrazone groups is 1. The fraction of sp³-hybridized carbons (Fsp3) is 0.304. The minimum atomic E-state index is 0.0882. The predicted molar refractivity (Wildman–Crippen MR) is 121 cm³/mol. The van der Waals surface area contributed by atoms with Gasteiger partial charge in [0.2, 0.25) is 0 Å². The lowest BCUT2D eigenvalue weighted by Gasteiger charge is -2.12. The summed E-state index contributed by atoms with van der Waals surface area (Å²) >= 11 is 3.56. The Hall–Kier alpha value is -2.49. The van der Waals surface area contributed by atoms with Crippen molar-refractivity contribution in [2.24, 2.45) is 5.10 Å². The van der Waals surface area contributed by atoms with Gasteiger partial charge in [-0.1, -0.05) is 42.1 Å². The van der Waals surface area contributed by atoms with Gasteiger partial charge in [0.1, 0.15) is 21.5 Å². The highest BCUT2D eigenvalue weighted by Crippen LogP contribution is 2.41. The van der Waals surface area contributed by atoms with Crippen LogP contribution in [0.3, 0.4) is 0 Å². The summed E-state index contributed by atoms with van der Waals surface area (Å²) in [4.78, 5) is 1.40. The number of nitrogens with one attached hydrogen (secondary N) is 1. The molecule has 1 atom stereocenters. The lowest BCUT2D eigenvalue weighted by atomic mass is 9.96. The van der Waals surface area contributed by atoms with Gasteiger partial charge in [-0.15, -0.1) is 11.3 Å². The Labute approximate surface area is 179 Å². The van der Waals surface area contributed by atoms with E-state index in [0.717, 1.165) is 34.0 Å². The average Bonchev–Trinajstić information content (AvgIpc) is 3.44. The van der Waals surface area contributed by atoms with Crippen molar-refractivity contribution in [2.45, 2.75) is 44.9 Å². The van der Waals surface area contributed by atoms with Crippen LogP contribution in [0, 0.1) is 25.2 Å². The first-order valence-electron chi connectivity index (χ1n) is 9.96. The number of thioether (sulfide) groups is 1. The molecular weight excluding hydrogens is 396 g/mol. The number of rotatable bonds is 3. The highest BCUT2D eigenvalue weighted by molar-refractivity contribution is 8.14. The Morgan fingerprint density at radius 3 is 2.76 bits per heavy atom. The van der Waals surface area contributed by atoms with Crippen LogP contribution >= 0.6 is 23.1 Å². The average molecular weight is 419 g/mol.